The van der Waals surface area contributed by atoms with Gasteiger partial charge in [0.2, 0.25) is 0 Å². The molecule has 0 bridgehead atoms. The van der Waals surface area contributed by atoms with Gasteiger partial charge in [-0.1, -0.05) is 30.3 Å². The molecule has 0 aliphatic carbocycles. The van der Waals surface area contributed by atoms with Gasteiger partial charge in [-0.3, -0.25) is 14.9 Å². The van der Waals surface area contributed by atoms with E-state index in [9.17, 15) is 19.7 Å². The van der Waals surface area contributed by atoms with Gasteiger partial charge in [0.15, 0.2) is 11.5 Å². The molecule has 7 nitrogen and oxygen atoms in total. The number of ether oxygens (including phenoxy) is 2. The van der Waals surface area contributed by atoms with Crippen LogP contribution in [0.25, 0.3) is 0 Å². The molecule has 2 rings (SSSR count). The largest absolute Gasteiger partial charge is 0.482 e. The number of nitrogens with zero attached hydrogens (tertiary/aromatic N) is 1. The van der Waals surface area contributed by atoms with Gasteiger partial charge in [-0.15, -0.1) is 0 Å². The van der Waals surface area contributed by atoms with Crippen LogP contribution in [0, 0.1) is 10.1 Å². The Kier molecular flexibility index (Phi) is 5.84. The first-order valence-corrected chi connectivity index (χ1v) is 7.61. The zero-order valence-corrected chi connectivity index (χ0v) is 13.9. The monoisotopic (exact) mass is 343 g/mol. The van der Waals surface area contributed by atoms with Crippen LogP contribution < -0.4 is 4.74 Å². The molecular weight excluding hydrogens is 326 g/mol. The van der Waals surface area contributed by atoms with Crippen LogP contribution in [0.5, 0.6) is 5.75 Å². The molecule has 0 aromatic heterocycles. The molecular formula is C18H17NO6. The second-order valence-corrected chi connectivity index (χ2v) is 5.17. The average Bonchev–Trinajstić information content (AvgIpc) is 2.60. The highest BCUT2D eigenvalue weighted by Gasteiger charge is 2.25. The van der Waals surface area contributed by atoms with Crippen LogP contribution in [0.1, 0.15) is 40.1 Å². The van der Waals surface area contributed by atoms with E-state index in [2.05, 4.69) is 0 Å². The lowest BCUT2D eigenvalue weighted by Gasteiger charge is -2.11. The number of Topliss-reactive ketones (excluding diaryl/α,β-unsaturated/α-hetero) is 1. The van der Waals surface area contributed by atoms with E-state index in [1.54, 1.807) is 6.92 Å². The van der Waals surface area contributed by atoms with Gasteiger partial charge in [-0.2, -0.15) is 0 Å². The minimum atomic E-state index is -0.729. The van der Waals surface area contributed by atoms with Gasteiger partial charge in [0.25, 0.3) is 0 Å². The normalized spacial score (nSPS) is 10.2. The number of rotatable bonds is 7. The maximum absolute atomic E-state index is 12.1. The average molecular weight is 343 g/mol. The van der Waals surface area contributed by atoms with Crippen molar-refractivity contribution in [1.29, 1.82) is 0 Å². The molecule has 0 amide bonds. The van der Waals surface area contributed by atoms with E-state index in [4.69, 9.17) is 9.47 Å². The van der Waals surface area contributed by atoms with E-state index in [0.29, 0.717) is 0 Å². The highest BCUT2D eigenvalue weighted by Crippen LogP contribution is 2.32. The van der Waals surface area contributed by atoms with Crippen LogP contribution in [0.2, 0.25) is 0 Å². The zero-order chi connectivity index (χ0) is 18.4. The minimum absolute atomic E-state index is 0.0528. The number of carbonyl (C=O) groups is 2. The highest BCUT2D eigenvalue weighted by molar-refractivity contribution is 6.06. The maximum Gasteiger partial charge on any atom is 0.339 e. The second-order valence-electron chi connectivity index (χ2n) is 5.17. The standard InChI is InChI=1S/C18H17NO6/c1-3-24-18(21)15-10-17(25-11-13-7-5-4-6-8-13)16(19(22)23)9-14(15)12(2)20/h4-10H,3,11H2,1-2H3. The smallest absolute Gasteiger partial charge is 0.339 e. The van der Waals surface area contributed by atoms with Crippen LogP contribution in [-0.2, 0) is 11.3 Å². The van der Waals surface area contributed by atoms with Crippen molar-refractivity contribution in [3.63, 3.8) is 0 Å². The van der Waals surface area contributed by atoms with Crippen LogP contribution >= 0.6 is 0 Å². The van der Waals surface area contributed by atoms with Crippen molar-refractivity contribution in [3.05, 3.63) is 69.3 Å². The molecule has 0 saturated carbocycles. The zero-order valence-electron chi connectivity index (χ0n) is 13.9. The van der Waals surface area contributed by atoms with Crippen LogP contribution in [-0.4, -0.2) is 23.3 Å². The molecule has 7 heteroatoms. The minimum Gasteiger partial charge on any atom is -0.482 e. The summed E-state index contributed by atoms with van der Waals surface area (Å²) in [5.41, 5.74) is 0.305. The third-order valence-corrected chi connectivity index (χ3v) is 3.41. The summed E-state index contributed by atoms with van der Waals surface area (Å²) < 4.78 is 10.4. The second kappa shape index (κ2) is 8.05. The fourth-order valence-corrected chi connectivity index (χ4v) is 2.23. The van der Waals surface area contributed by atoms with E-state index in [1.165, 1.54) is 13.0 Å². The molecule has 0 radical (unpaired) electrons. The van der Waals surface area contributed by atoms with Crippen LogP contribution in [0.3, 0.4) is 0 Å². The summed E-state index contributed by atoms with van der Waals surface area (Å²) in [7, 11) is 0. The van der Waals surface area contributed by atoms with E-state index in [1.807, 2.05) is 30.3 Å². The lowest BCUT2D eigenvalue weighted by Crippen LogP contribution is -2.12. The van der Waals surface area contributed by atoms with E-state index in [-0.39, 0.29) is 35.8 Å². The summed E-state index contributed by atoms with van der Waals surface area (Å²) in [5, 5.41) is 11.3. The van der Waals surface area contributed by atoms with Gasteiger partial charge in [-0.05, 0) is 19.4 Å². The van der Waals surface area contributed by atoms with Gasteiger partial charge in [-0.25, -0.2) is 4.79 Å². The van der Waals surface area contributed by atoms with Gasteiger partial charge >= 0.3 is 11.7 Å². The molecule has 0 atom stereocenters. The number of hydrogen-bond donors (Lipinski definition) is 0. The van der Waals surface area contributed by atoms with Crippen molar-refractivity contribution in [2.24, 2.45) is 0 Å². The third-order valence-electron chi connectivity index (χ3n) is 3.41. The molecule has 2 aromatic rings. The number of ketones is 1. The fourth-order valence-electron chi connectivity index (χ4n) is 2.23. The Hall–Kier alpha value is -3.22. The SMILES string of the molecule is CCOC(=O)c1cc(OCc2ccccc2)c([N+](=O)[O-])cc1C(C)=O. The van der Waals surface area contributed by atoms with Crippen molar-refractivity contribution in [2.75, 3.05) is 6.61 Å². The van der Waals surface area contributed by atoms with Crippen molar-refractivity contribution >= 4 is 17.4 Å². The highest BCUT2D eigenvalue weighted by atomic mass is 16.6. The summed E-state index contributed by atoms with van der Waals surface area (Å²) in [4.78, 5) is 34.5. The summed E-state index contributed by atoms with van der Waals surface area (Å²) in [5.74, 6) is -1.30. The maximum atomic E-state index is 12.1. The Morgan fingerprint density at radius 3 is 2.36 bits per heavy atom. The van der Waals surface area contributed by atoms with Crippen LogP contribution in [0.4, 0.5) is 5.69 Å². The molecule has 25 heavy (non-hydrogen) atoms. The summed E-state index contributed by atoms with van der Waals surface area (Å²) >= 11 is 0. The number of hydrogen-bond acceptors (Lipinski definition) is 6. The van der Waals surface area contributed by atoms with Gasteiger partial charge < -0.3 is 9.47 Å². The number of esters is 1. The first kappa shape index (κ1) is 18.1. The molecule has 2 aromatic carbocycles. The Morgan fingerprint density at radius 1 is 1.12 bits per heavy atom. The molecule has 0 spiro atoms. The molecule has 0 aliphatic rings. The van der Waals surface area contributed by atoms with Crippen molar-refractivity contribution in [1.82, 2.24) is 0 Å². The predicted molar refractivity (Wildman–Crippen MR) is 89.8 cm³/mol. The van der Waals surface area contributed by atoms with E-state index in [0.717, 1.165) is 11.6 Å². The first-order valence-electron chi connectivity index (χ1n) is 7.61. The number of benzene rings is 2. The first-order chi connectivity index (χ1) is 11.9. The molecule has 0 fully saturated rings. The topological polar surface area (TPSA) is 95.7 Å². The number of nitro groups is 1. The Balaban J connectivity index is 2.45. The van der Waals surface area contributed by atoms with E-state index >= 15 is 0 Å². The quantitative estimate of drug-likeness (QED) is 0.330. The Morgan fingerprint density at radius 2 is 1.80 bits per heavy atom. The van der Waals surface area contributed by atoms with Gasteiger partial charge in [0.1, 0.15) is 6.61 Å². The van der Waals surface area contributed by atoms with Gasteiger partial charge in [0.05, 0.1) is 17.1 Å². The van der Waals surface area contributed by atoms with Crippen LogP contribution in [0.15, 0.2) is 42.5 Å². The summed E-state index contributed by atoms with van der Waals surface area (Å²) in [6, 6.07) is 11.3. The lowest BCUT2D eigenvalue weighted by molar-refractivity contribution is -0.386. The van der Waals surface area contributed by atoms with Gasteiger partial charge in [0, 0.05) is 17.7 Å². The molecule has 0 saturated heterocycles. The Bertz CT molecular complexity index is 801. The molecule has 0 unspecified atom stereocenters. The lowest BCUT2D eigenvalue weighted by atomic mass is 10.0. The number of carbonyl (C=O) groups excluding carboxylic acids is 2. The summed E-state index contributed by atoms with van der Waals surface area (Å²) in [6.45, 7) is 3.06. The fraction of sp³-hybridized carbons (Fsp3) is 0.222. The van der Waals surface area contributed by atoms with Crippen molar-refractivity contribution < 1.29 is 24.0 Å². The molecule has 130 valence electrons. The predicted octanol–water partition coefficient (Wildman–Crippen LogP) is 3.55. The molecule has 0 N–H and O–H groups in total. The third kappa shape index (κ3) is 4.41. The number of nitro benzene ring substituents is 1. The Labute approximate surface area is 144 Å². The van der Waals surface area contributed by atoms with Crippen molar-refractivity contribution in [3.8, 4) is 5.75 Å². The molecule has 0 aliphatic heterocycles. The molecule has 0 heterocycles. The summed E-state index contributed by atoms with van der Waals surface area (Å²) in [6.07, 6.45) is 0. The van der Waals surface area contributed by atoms with Crippen molar-refractivity contribution in [2.45, 2.75) is 20.5 Å². The van der Waals surface area contributed by atoms with E-state index < -0.39 is 16.7 Å².